The van der Waals surface area contributed by atoms with E-state index in [1.807, 2.05) is 48.5 Å². The maximum absolute atomic E-state index is 13.9. The minimum absolute atomic E-state index is 0.0333. The van der Waals surface area contributed by atoms with E-state index in [9.17, 15) is 9.18 Å². The molecule has 2 atom stereocenters. The average Bonchev–Trinajstić information content (AvgIpc) is 3.26. The fraction of sp³-hybridized carbons (Fsp3) is 0.321. The third-order valence-corrected chi connectivity index (χ3v) is 6.60. The van der Waals surface area contributed by atoms with Gasteiger partial charge in [0.05, 0.1) is 13.2 Å². The molecule has 0 unspecified atom stereocenters. The van der Waals surface area contributed by atoms with E-state index in [2.05, 4.69) is 21.6 Å². The van der Waals surface area contributed by atoms with Crippen LogP contribution < -0.4 is 15.4 Å². The second kappa shape index (κ2) is 12.2. The van der Waals surface area contributed by atoms with Crippen LogP contribution in [0.25, 0.3) is 0 Å². The van der Waals surface area contributed by atoms with Gasteiger partial charge in [-0.05, 0) is 59.9 Å². The second-order valence-electron chi connectivity index (χ2n) is 8.87. The molecule has 0 aliphatic carbocycles. The van der Waals surface area contributed by atoms with E-state index in [0.717, 1.165) is 23.4 Å². The molecule has 1 heterocycles. The first-order valence-corrected chi connectivity index (χ1v) is 12.3. The van der Waals surface area contributed by atoms with E-state index in [1.165, 1.54) is 6.07 Å². The lowest BCUT2D eigenvalue weighted by molar-refractivity contribution is -0.125. The summed E-state index contributed by atoms with van der Waals surface area (Å²) in [6.07, 6.45) is 1.15. The molecule has 1 fully saturated rings. The van der Waals surface area contributed by atoms with Gasteiger partial charge in [0.25, 0.3) is 0 Å². The van der Waals surface area contributed by atoms with Gasteiger partial charge in [-0.15, -0.1) is 0 Å². The van der Waals surface area contributed by atoms with Crippen molar-refractivity contribution in [1.82, 2.24) is 15.5 Å². The third kappa shape index (κ3) is 7.04. The van der Waals surface area contributed by atoms with Crippen molar-refractivity contribution in [2.75, 3.05) is 20.2 Å². The average molecular weight is 496 g/mol. The standard InChI is InChI=1S/C28H31ClFN3O2/c1-35-25-10-5-6-20(15-25)17-32-24-16-27(33(19-24)18-21-7-4-9-23(29)14-21)28(34)31-13-12-22-8-2-3-11-26(22)30/h2-11,14-15,24,27,32H,12-13,16-19H2,1H3,(H,31,34)/t24-,27-/m0/s1. The molecule has 4 rings (SSSR count). The van der Waals surface area contributed by atoms with Gasteiger partial charge < -0.3 is 15.4 Å². The number of halogens is 2. The van der Waals surface area contributed by atoms with Gasteiger partial charge in [0.15, 0.2) is 0 Å². The number of methoxy groups -OCH3 is 1. The number of carbonyl (C=O) groups excluding carboxylic acids is 1. The van der Waals surface area contributed by atoms with Gasteiger partial charge in [0.1, 0.15) is 11.6 Å². The maximum atomic E-state index is 13.9. The molecule has 184 valence electrons. The highest BCUT2D eigenvalue weighted by atomic mass is 35.5. The number of hydrogen-bond donors (Lipinski definition) is 2. The van der Waals surface area contributed by atoms with E-state index in [-0.39, 0.29) is 23.8 Å². The van der Waals surface area contributed by atoms with Gasteiger partial charge in [-0.1, -0.05) is 54.1 Å². The van der Waals surface area contributed by atoms with Gasteiger partial charge in [-0.3, -0.25) is 9.69 Å². The molecule has 1 aliphatic rings. The predicted molar refractivity (Wildman–Crippen MR) is 137 cm³/mol. The van der Waals surface area contributed by atoms with Crippen molar-refractivity contribution in [3.8, 4) is 5.75 Å². The molecular weight excluding hydrogens is 465 g/mol. The van der Waals surface area contributed by atoms with E-state index >= 15 is 0 Å². The summed E-state index contributed by atoms with van der Waals surface area (Å²) in [6.45, 7) is 2.45. The molecule has 1 saturated heterocycles. The molecule has 2 N–H and O–H groups in total. The number of hydrogen-bond acceptors (Lipinski definition) is 4. The first-order valence-electron chi connectivity index (χ1n) is 11.9. The van der Waals surface area contributed by atoms with Crippen LogP contribution in [0.5, 0.6) is 5.75 Å². The Morgan fingerprint density at radius 2 is 1.89 bits per heavy atom. The number of carbonyl (C=O) groups is 1. The molecular formula is C28H31ClFN3O2. The summed E-state index contributed by atoms with van der Waals surface area (Å²) in [5, 5.41) is 7.30. The lowest BCUT2D eigenvalue weighted by Crippen LogP contribution is -2.43. The van der Waals surface area contributed by atoms with Crippen molar-refractivity contribution in [2.45, 2.75) is 38.0 Å². The number of ether oxygens (including phenoxy) is 1. The first kappa shape index (κ1) is 25.2. The molecule has 5 nitrogen and oxygen atoms in total. The Hall–Kier alpha value is -2.93. The molecule has 1 aliphatic heterocycles. The van der Waals surface area contributed by atoms with Crippen molar-refractivity contribution >= 4 is 17.5 Å². The van der Waals surface area contributed by atoms with Crippen LogP contribution in [0.1, 0.15) is 23.1 Å². The molecule has 0 bridgehead atoms. The maximum Gasteiger partial charge on any atom is 0.237 e. The first-order chi connectivity index (χ1) is 17.0. The minimum atomic E-state index is -0.280. The molecule has 35 heavy (non-hydrogen) atoms. The van der Waals surface area contributed by atoms with Crippen molar-refractivity contribution in [2.24, 2.45) is 0 Å². The van der Waals surface area contributed by atoms with Crippen molar-refractivity contribution < 1.29 is 13.9 Å². The summed E-state index contributed by atoms with van der Waals surface area (Å²) in [6, 6.07) is 22.2. The highest BCUT2D eigenvalue weighted by Crippen LogP contribution is 2.23. The smallest absolute Gasteiger partial charge is 0.237 e. The zero-order valence-electron chi connectivity index (χ0n) is 19.8. The second-order valence-corrected chi connectivity index (χ2v) is 9.31. The van der Waals surface area contributed by atoms with Crippen LogP contribution in [0.3, 0.4) is 0 Å². The summed E-state index contributed by atoms with van der Waals surface area (Å²) in [4.78, 5) is 15.4. The fourth-order valence-corrected chi connectivity index (χ4v) is 4.77. The van der Waals surface area contributed by atoms with Crippen molar-refractivity contribution in [1.29, 1.82) is 0 Å². The molecule has 0 spiro atoms. The number of benzene rings is 3. The molecule has 3 aromatic rings. The van der Waals surface area contributed by atoms with Crippen LogP contribution in [0, 0.1) is 5.82 Å². The Morgan fingerprint density at radius 1 is 1.09 bits per heavy atom. The molecule has 1 amide bonds. The highest BCUT2D eigenvalue weighted by molar-refractivity contribution is 6.30. The minimum Gasteiger partial charge on any atom is -0.497 e. The lowest BCUT2D eigenvalue weighted by Gasteiger charge is -2.23. The zero-order chi connectivity index (χ0) is 24.6. The normalized spacial score (nSPS) is 17.9. The number of nitrogens with one attached hydrogen (secondary N) is 2. The predicted octanol–water partition coefficient (Wildman–Crippen LogP) is 4.58. The van der Waals surface area contributed by atoms with Crippen molar-refractivity contribution in [3.63, 3.8) is 0 Å². The Bertz CT molecular complexity index is 1140. The Balaban J connectivity index is 1.39. The van der Waals surface area contributed by atoms with Crippen LogP contribution in [0.2, 0.25) is 5.02 Å². The summed E-state index contributed by atoms with van der Waals surface area (Å²) < 4.78 is 19.2. The van der Waals surface area contributed by atoms with E-state index in [4.69, 9.17) is 16.3 Å². The highest BCUT2D eigenvalue weighted by Gasteiger charge is 2.36. The summed E-state index contributed by atoms with van der Waals surface area (Å²) in [7, 11) is 1.66. The summed E-state index contributed by atoms with van der Waals surface area (Å²) in [5.41, 5.74) is 2.80. The molecule has 0 radical (unpaired) electrons. The van der Waals surface area contributed by atoms with E-state index in [0.29, 0.717) is 43.1 Å². The Morgan fingerprint density at radius 3 is 2.69 bits per heavy atom. The Kier molecular flexibility index (Phi) is 8.74. The number of nitrogens with zero attached hydrogens (tertiary/aromatic N) is 1. The van der Waals surface area contributed by atoms with Gasteiger partial charge in [0.2, 0.25) is 5.91 Å². The van der Waals surface area contributed by atoms with Crippen molar-refractivity contribution in [3.05, 3.63) is 100 Å². The molecule has 0 saturated carbocycles. The largest absolute Gasteiger partial charge is 0.497 e. The SMILES string of the molecule is COc1cccc(CN[C@H]2C[C@@H](C(=O)NCCc3ccccc3F)N(Cc3cccc(Cl)c3)C2)c1. The molecule has 3 aromatic carbocycles. The molecule has 7 heteroatoms. The van der Waals surface area contributed by atoms with Gasteiger partial charge in [-0.2, -0.15) is 0 Å². The number of likely N-dealkylation sites (tertiary alicyclic amines) is 1. The number of rotatable bonds is 10. The Labute approximate surface area is 211 Å². The molecule has 0 aromatic heterocycles. The van der Waals surface area contributed by atoms with Gasteiger partial charge >= 0.3 is 0 Å². The quantitative estimate of drug-likeness (QED) is 0.432. The lowest BCUT2D eigenvalue weighted by atomic mass is 10.1. The topological polar surface area (TPSA) is 53.6 Å². The van der Waals surface area contributed by atoms with Crippen LogP contribution >= 0.6 is 11.6 Å². The van der Waals surface area contributed by atoms with Gasteiger partial charge in [0, 0.05) is 37.2 Å². The monoisotopic (exact) mass is 495 g/mol. The summed E-state index contributed by atoms with van der Waals surface area (Å²) >= 11 is 6.19. The van der Waals surface area contributed by atoms with Crippen LogP contribution in [0.15, 0.2) is 72.8 Å². The fourth-order valence-electron chi connectivity index (χ4n) is 4.55. The van der Waals surface area contributed by atoms with Crippen LogP contribution in [-0.4, -0.2) is 43.1 Å². The third-order valence-electron chi connectivity index (χ3n) is 6.36. The van der Waals surface area contributed by atoms with Crippen LogP contribution in [-0.2, 0) is 24.3 Å². The van der Waals surface area contributed by atoms with Crippen LogP contribution in [0.4, 0.5) is 4.39 Å². The zero-order valence-corrected chi connectivity index (χ0v) is 20.6. The number of amides is 1. The van der Waals surface area contributed by atoms with E-state index < -0.39 is 0 Å². The van der Waals surface area contributed by atoms with E-state index in [1.54, 1.807) is 19.2 Å². The summed E-state index contributed by atoms with van der Waals surface area (Å²) in [5.74, 6) is 0.548. The van der Waals surface area contributed by atoms with Gasteiger partial charge in [-0.25, -0.2) is 4.39 Å².